The molecule has 1 aliphatic carbocycles. The van der Waals surface area contributed by atoms with E-state index >= 15 is 0 Å². The molecule has 0 amide bonds. The van der Waals surface area contributed by atoms with Crippen LogP contribution in [0.3, 0.4) is 0 Å². The number of hydrogen-bond acceptors (Lipinski definition) is 2. The molecular weight excluding hydrogens is 236 g/mol. The fourth-order valence-corrected chi connectivity index (χ4v) is 3.27. The van der Waals surface area contributed by atoms with Gasteiger partial charge in [-0.1, -0.05) is 26.0 Å². The molecule has 1 aromatic carbocycles. The summed E-state index contributed by atoms with van der Waals surface area (Å²) in [5.41, 5.74) is 1.17. The van der Waals surface area contributed by atoms with Gasteiger partial charge in [-0.15, -0.1) is 0 Å². The second-order valence-electron chi connectivity index (χ2n) is 5.78. The van der Waals surface area contributed by atoms with Crippen molar-refractivity contribution < 1.29 is 9.53 Å². The first-order valence-corrected chi connectivity index (χ1v) is 7.33. The Morgan fingerprint density at radius 3 is 2.21 bits per heavy atom. The molecule has 0 spiro atoms. The van der Waals surface area contributed by atoms with Crippen LogP contribution in [0.1, 0.15) is 58.4 Å². The van der Waals surface area contributed by atoms with E-state index < -0.39 is 0 Å². The minimum absolute atomic E-state index is 0.111. The van der Waals surface area contributed by atoms with Gasteiger partial charge in [-0.05, 0) is 44.4 Å². The Bertz CT molecular complexity index is 441. The Morgan fingerprint density at radius 2 is 1.79 bits per heavy atom. The van der Waals surface area contributed by atoms with Crippen molar-refractivity contribution in [1.29, 1.82) is 0 Å². The molecule has 1 fully saturated rings. The summed E-state index contributed by atoms with van der Waals surface area (Å²) in [6, 6.07) is 8.28. The molecule has 2 nitrogen and oxygen atoms in total. The lowest BCUT2D eigenvalue weighted by molar-refractivity contribution is -0.141. The van der Waals surface area contributed by atoms with Crippen LogP contribution in [0.2, 0.25) is 0 Å². The highest BCUT2D eigenvalue weighted by Gasteiger charge is 2.52. The van der Waals surface area contributed by atoms with Gasteiger partial charge in [-0.3, -0.25) is 4.79 Å². The number of carbonyl (C=O) groups is 1. The molecule has 0 radical (unpaired) electrons. The van der Waals surface area contributed by atoms with E-state index in [1.165, 1.54) is 5.56 Å². The molecule has 1 aromatic rings. The molecule has 19 heavy (non-hydrogen) atoms. The quantitative estimate of drug-likeness (QED) is 0.787. The van der Waals surface area contributed by atoms with Crippen molar-refractivity contribution in [2.45, 2.75) is 59.0 Å². The van der Waals surface area contributed by atoms with Crippen molar-refractivity contribution in [1.82, 2.24) is 0 Å². The summed E-state index contributed by atoms with van der Waals surface area (Å²) in [4.78, 5) is 12.0. The van der Waals surface area contributed by atoms with Crippen LogP contribution in [0.15, 0.2) is 24.3 Å². The summed E-state index contributed by atoms with van der Waals surface area (Å²) >= 11 is 0. The predicted octanol–water partition coefficient (Wildman–Crippen LogP) is 4.34. The predicted molar refractivity (Wildman–Crippen MR) is 77.6 cm³/mol. The van der Waals surface area contributed by atoms with Crippen molar-refractivity contribution in [3.8, 4) is 5.75 Å². The Balaban J connectivity index is 2.17. The molecule has 0 saturated heterocycles. The largest absolute Gasteiger partial charge is 0.491 e. The van der Waals surface area contributed by atoms with E-state index in [-0.39, 0.29) is 11.5 Å². The second kappa shape index (κ2) is 5.36. The van der Waals surface area contributed by atoms with E-state index in [1.54, 1.807) is 0 Å². The van der Waals surface area contributed by atoms with E-state index in [4.69, 9.17) is 4.74 Å². The molecule has 2 heteroatoms. The normalized spacial score (nSPS) is 21.3. The molecule has 1 saturated carbocycles. The van der Waals surface area contributed by atoms with Gasteiger partial charge in [0.25, 0.3) is 0 Å². The summed E-state index contributed by atoms with van der Waals surface area (Å²) in [6.07, 6.45) is 2.78. The zero-order chi connectivity index (χ0) is 14.0. The third kappa shape index (κ3) is 2.41. The van der Waals surface area contributed by atoms with Crippen molar-refractivity contribution in [3.63, 3.8) is 0 Å². The van der Waals surface area contributed by atoms with Crippen molar-refractivity contribution in [3.05, 3.63) is 29.8 Å². The molecule has 104 valence electrons. The summed E-state index contributed by atoms with van der Waals surface area (Å²) in [5.74, 6) is 1.73. The third-order valence-corrected chi connectivity index (χ3v) is 4.53. The van der Waals surface area contributed by atoms with Crippen LogP contribution in [0, 0.1) is 5.41 Å². The van der Waals surface area contributed by atoms with Gasteiger partial charge in [-0.25, -0.2) is 0 Å². The lowest BCUT2D eigenvalue weighted by atomic mass is 9.54. The maximum atomic E-state index is 12.0. The van der Waals surface area contributed by atoms with Crippen LogP contribution < -0.4 is 4.74 Å². The van der Waals surface area contributed by atoms with Crippen molar-refractivity contribution in [2.24, 2.45) is 5.41 Å². The number of carbonyl (C=O) groups excluding carboxylic acids is 1. The molecule has 0 heterocycles. The first kappa shape index (κ1) is 14.1. The summed E-state index contributed by atoms with van der Waals surface area (Å²) in [6.45, 7) is 8.31. The molecular formula is C17H24O2. The van der Waals surface area contributed by atoms with Gasteiger partial charge in [0.2, 0.25) is 0 Å². The summed E-state index contributed by atoms with van der Waals surface area (Å²) < 4.78 is 5.66. The minimum atomic E-state index is -0.111. The number of benzene rings is 1. The highest BCUT2D eigenvalue weighted by molar-refractivity contribution is 5.93. The van der Waals surface area contributed by atoms with Crippen molar-refractivity contribution >= 4 is 5.78 Å². The van der Waals surface area contributed by atoms with Crippen LogP contribution in [-0.4, -0.2) is 11.9 Å². The first-order chi connectivity index (χ1) is 9.03. The second-order valence-corrected chi connectivity index (χ2v) is 5.78. The zero-order valence-electron chi connectivity index (χ0n) is 12.4. The average Bonchev–Trinajstić information content (AvgIpc) is 2.38. The fourth-order valence-electron chi connectivity index (χ4n) is 3.27. The standard InChI is InChI=1S/C17H24O2/c1-5-17(6-2)15(11-16(17)18)13-7-9-14(10-8-13)19-12(3)4/h7-10,12,15H,5-6,11H2,1-4H3. The SMILES string of the molecule is CCC1(CC)C(=O)CC1c1ccc(OC(C)C)cc1. The van der Waals surface area contributed by atoms with Gasteiger partial charge in [0, 0.05) is 17.8 Å². The van der Waals surface area contributed by atoms with Crippen LogP contribution in [0.4, 0.5) is 0 Å². The van der Waals surface area contributed by atoms with E-state index in [9.17, 15) is 4.79 Å². The topological polar surface area (TPSA) is 26.3 Å². The number of ether oxygens (including phenoxy) is 1. The van der Waals surface area contributed by atoms with E-state index in [1.807, 2.05) is 26.0 Å². The highest BCUT2D eigenvalue weighted by Crippen LogP contribution is 2.54. The Morgan fingerprint density at radius 1 is 1.21 bits per heavy atom. The number of rotatable bonds is 5. The number of ketones is 1. The smallest absolute Gasteiger partial charge is 0.140 e. The molecule has 0 bridgehead atoms. The van der Waals surface area contributed by atoms with Crippen LogP contribution in [0.5, 0.6) is 5.75 Å². The number of Topliss-reactive ketones (excluding diaryl/α,β-unsaturated/α-hetero) is 1. The molecule has 1 aliphatic rings. The molecule has 0 aliphatic heterocycles. The zero-order valence-corrected chi connectivity index (χ0v) is 12.4. The molecule has 1 atom stereocenters. The molecule has 1 unspecified atom stereocenters. The lowest BCUT2D eigenvalue weighted by Crippen LogP contribution is -2.47. The molecule has 2 rings (SSSR count). The van der Waals surface area contributed by atoms with E-state index in [2.05, 4.69) is 26.0 Å². The highest BCUT2D eigenvalue weighted by atomic mass is 16.5. The Kier molecular flexibility index (Phi) is 3.98. The monoisotopic (exact) mass is 260 g/mol. The average molecular weight is 260 g/mol. The maximum absolute atomic E-state index is 12.0. The van der Waals surface area contributed by atoms with Gasteiger partial charge >= 0.3 is 0 Å². The van der Waals surface area contributed by atoms with Crippen molar-refractivity contribution in [2.75, 3.05) is 0 Å². The van der Waals surface area contributed by atoms with E-state index in [0.29, 0.717) is 18.1 Å². The first-order valence-electron chi connectivity index (χ1n) is 7.33. The third-order valence-electron chi connectivity index (χ3n) is 4.53. The summed E-state index contributed by atoms with van der Waals surface area (Å²) in [7, 11) is 0. The van der Waals surface area contributed by atoms with Crippen LogP contribution in [0.25, 0.3) is 0 Å². The lowest BCUT2D eigenvalue weighted by Gasteiger charge is -2.47. The maximum Gasteiger partial charge on any atom is 0.140 e. The number of hydrogen-bond donors (Lipinski definition) is 0. The fraction of sp³-hybridized carbons (Fsp3) is 0.588. The Labute approximate surface area is 116 Å². The molecule has 0 aromatic heterocycles. The van der Waals surface area contributed by atoms with Gasteiger partial charge in [0.1, 0.15) is 11.5 Å². The van der Waals surface area contributed by atoms with Gasteiger partial charge < -0.3 is 4.74 Å². The van der Waals surface area contributed by atoms with Gasteiger partial charge in [0.15, 0.2) is 0 Å². The van der Waals surface area contributed by atoms with Crippen LogP contribution in [-0.2, 0) is 4.79 Å². The molecule has 0 N–H and O–H groups in total. The van der Waals surface area contributed by atoms with E-state index in [0.717, 1.165) is 18.6 Å². The summed E-state index contributed by atoms with van der Waals surface area (Å²) in [5, 5.41) is 0. The van der Waals surface area contributed by atoms with Gasteiger partial charge in [-0.2, -0.15) is 0 Å². The Hall–Kier alpha value is -1.31. The minimum Gasteiger partial charge on any atom is -0.491 e. The van der Waals surface area contributed by atoms with Gasteiger partial charge in [0.05, 0.1) is 6.10 Å². The van der Waals surface area contributed by atoms with Crippen LogP contribution >= 0.6 is 0 Å².